The van der Waals surface area contributed by atoms with Gasteiger partial charge in [-0.25, -0.2) is 9.78 Å². The molecular formula is C19H27N5O. The van der Waals surface area contributed by atoms with Crippen molar-refractivity contribution in [2.24, 2.45) is 5.92 Å². The number of hydrogen-bond acceptors (Lipinski definition) is 4. The Hall–Kier alpha value is -2.08. The lowest BCUT2D eigenvalue weighted by atomic mass is 9.88. The number of aromatic nitrogens is 2. The molecule has 134 valence electrons. The SMILES string of the molecule is CC(C)CCNC(=O)n1cnc2c(N3CC4CC(C3)N4C)cccc21. The Bertz CT molecular complexity index is 771. The Balaban J connectivity index is 1.55. The van der Waals surface area contributed by atoms with E-state index in [1.807, 2.05) is 12.1 Å². The average molecular weight is 341 g/mol. The smallest absolute Gasteiger partial charge is 0.327 e. The highest BCUT2D eigenvalue weighted by Gasteiger charge is 2.42. The number of benzene rings is 1. The monoisotopic (exact) mass is 341 g/mol. The van der Waals surface area contributed by atoms with Crippen molar-refractivity contribution in [2.75, 3.05) is 31.6 Å². The van der Waals surface area contributed by atoms with Crippen LogP contribution in [0.4, 0.5) is 10.5 Å². The summed E-state index contributed by atoms with van der Waals surface area (Å²) in [5, 5.41) is 2.99. The maximum absolute atomic E-state index is 12.5. The number of likely N-dealkylation sites (N-methyl/N-ethyl adjacent to an activating group) is 1. The van der Waals surface area contributed by atoms with Gasteiger partial charge in [-0.1, -0.05) is 19.9 Å². The normalized spacial score (nSPS) is 23.1. The fourth-order valence-corrected chi connectivity index (χ4v) is 3.99. The third-order valence-corrected chi connectivity index (χ3v) is 5.67. The summed E-state index contributed by atoms with van der Waals surface area (Å²) >= 11 is 0. The Morgan fingerprint density at radius 3 is 2.76 bits per heavy atom. The zero-order valence-electron chi connectivity index (χ0n) is 15.3. The van der Waals surface area contributed by atoms with Crippen LogP contribution < -0.4 is 10.2 Å². The van der Waals surface area contributed by atoms with Gasteiger partial charge in [-0.3, -0.25) is 9.47 Å². The second-order valence-electron chi connectivity index (χ2n) is 7.79. The van der Waals surface area contributed by atoms with Crippen LogP contribution in [0.15, 0.2) is 24.5 Å². The Labute approximate surface area is 148 Å². The molecule has 2 aromatic rings. The van der Waals surface area contributed by atoms with Gasteiger partial charge >= 0.3 is 6.03 Å². The first kappa shape index (κ1) is 16.4. The van der Waals surface area contributed by atoms with Gasteiger partial charge in [-0.2, -0.15) is 0 Å². The fourth-order valence-electron chi connectivity index (χ4n) is 3.99. The highest BCUT2D eigenvalue weighted by molar-refractivity contribution is 5.95. The van der Waals surface area contributed by atoms with Gasteiger partial charge in [0.1, 0.15) is 11.8 Å². The van der Waals surface area contributed by atoms with Crippen LogP contribution >= 0.6 is 0 Å². The van der Waals surface area contributed by atoms with Crippen molar-refractivity contribution < 1.29 is 4.79 Å². The molecule has 1 amide bonds. The third-order valence-electron chi connectivity index (χ3n) is 5.67. The summed E-state index contributed by atoms with van der Waals surface area (Å²) in [7, 11) is 2.22. The molecule has 0 saturated carbocycles. The summed E-state index contributed by atoms with van der Waals surface area (Å²) in [4.78, 5) is 21.9. The van der Waals surface area contributed by atoms with Crippen LogP contribution in [0.3, 0.4) is 0 Å². The van der Waals surface area contributed by atoms with Crippen LogP contribution in [0.2, 0.25) is 0 Å². The Morgan fingerprint density at radius 1 is 1.32 bits per heavy atom. The summed E-state index contributed by atoms with van der Waals surface area (Å²) in [6, 6.07) is 7.33. The lowest BCUT2D eigenvalue weighted by Crippen LogP contribution is -2.67. The van der Waals surface area contributed by atoms with Gasteiger partial charge in [0.25, 0.3) is 0 Å². The van der Waals surface area contributed by atoms with E-state index in [0.717, 1.165) is 36.2 Å². The summed E-state index contributed by atoms with van der Waals surface area (Å²) < 4.78 is 1.63. The van der Waals surface area contributed by atoms with E-state index in [-0.39, 0.29) is 6.03 Å². The summed E-state index contributed by atoms with van der Waals surface area (Å²) in [6.45, 7) is 7.09. The van der Waals surface area contributed by atoms with Crippen LogP contribution in [0.25, 0.3) is 11.0 Å². The molecule has 0 aliphatic carbocycles. The first-order valence-corrected chi connectivity index (χ1v) is 9.25. The van der Waals surface area contributed by atoms with Gasteiger partial charge in [0.2, 0.25) is 0 Å². The number of amides is 1. The molecule has 0 spiro atoms. The predicted molar refractivity (Wildman–Crippen MR) is 100 cm³/mol. The van der Waals surface area contributed by atoms with Gasteiger partial charge in [0.15, 0.2) is 0 Å². The highest BCUT2D eigenvalue weighted by Crippen LogP contribution is 2.35. The molecule has 1 aromatic carbocycles. The molecule has 2 atom stereocenters. The quantitative estimate of drug-likeness (QED) is 0.928. The van der Waals surface area contributed by atoms with Gasteiger partial charge in [0.05, 0.1) is 11.2 Å². The standard InChI is InChI=1S/C19H27N5O/c1-13(2)7-8-20-19(25)24-12-21-18-16(5-4-6-17(18)24)23-10-14-9-15(11-23)22(14)3/h4-6,12-15H,7-11H2,1-3H3,(H,20,25). The van der Waals surface area contributed by atoms with Crippen molar-refractivity contribution in [3.05, 3.63) is 24.5 Å². The zero-order chi connectivity index (χ0) is 17.6. The molecule has 1 aromatic heterocycles. The lowest BCUT2D eigenvalue weighted by Gasteiger charge is -2.55. The van der Waals surface area contributed by atoms with Crippen LogP contribution in [-0.2, 0) is 0 Å². The van der Waals surface area contributed by atoms with Crippen LogP contribution in [0.5, 0.6) is 0 Å². The number of nitrogens with one attached hydrogen (secondary N) is 1. The van der Waals surface area contributed by atoms with Crippen LogP contribution in [0.1, 0.15) is 26.7 Å². The number of rotatable bonds is 4. The van der Waals surface area contributed by atoms with Crippen molar-refractivity contribution in [2.45, 2.75) is 38.8 Å². The van der Waals surface area contributed by atoms with E-state index >= 15 is 0 Å². The molecule has 6 nitrogen and oxygen atoms in total. The van der Waals surface area contributed by atoms with E-state index in [9.17, 15) is 4.79 Å². The van der Waals surface area contributed by atoms with Crippen molar-refractivity contribution in [3.63, 3.8) is 0 Å². The Morgan fingerprint density at radius 2 is 2.08 bits per heavy atom. The minimum atomic E-state index is -0.0958. The third kappa shape index (κ3) is 2.88. The molecule has 5 rings (SSSR count). The molecule has 6 heteroatoms. The molecule has 25 heavy (non-hydrogen) atoms. The fraction of sp³-hybridized carbons (Fsp3) is 0.579. The number of carbonyl (C=O) groups is 1. The van der Waals surface area contributed by atoms with Crippen molar-refractivity contribution in [1.82, 2.24) is 19.8 Å². The number of piperazine rings is 1. The molecule has 3 aliphatic heterocycles. The Kier molecular flexibility index (Phi) is 4.15. The van der Waals surface area contributed by atoms with Gasteiger partial charge < -0.3 is 10.2 Å². The average Bonchev–Trinajstić information content (AvgIpc) is 3.05. The van der Waals surface area contributed by atoms with E-state index in [2.05, 4.69) is 47.1 Å². The lowest BCUT2D eigenvalue weighted by molar-refractivity contribution is 0.0265. The molecular weight excluding hydrogens is 314 g/mol. The number of fused-ring (bicyclic) bond motifs is 3. The predicted octanol–water partition coefficient (Wildman–Crippen LogP) is 2.53. The van der Waals surface area contributed by atoms with Gasteiger partial charge in [0, 0.05) is 31.7 Å². The molecule has 2 unspecified atom stereocenters. The molecule has 1 N–H and O–H groups in total. The van der Waals surface area contributed by atoms with E-state index in [1.165, 1.54) is 6.42 Å². The van der Waals surface area contributed by atoms with Crippen molar-refractivity contribution in [3.8, 4) is 0 Å². The number of anilines is 1. The number of piperidine rings is 1. The molecule has 3 fully saturated rings. The topological polar surface area (TPSA) is 53.4 Å². The minimum absolute atomic E-state index is 0.0958. The number of carbonyl (C=O) groups excluding carboxylic acids is 1. The summed E-state index contributed by atoms with van der Waals surface area (Å²) in [6.07, 6.45) is 3.93. The number of imidazole rings is 1. The summed E-state index contributed by atoms with van der Waals surface area (Å²) in [5.41, 5.74) is 2.95. The maximum atomic E-state index is 12.5. The highest BCUT2D eigenvalue weighted by atomic mass is 16.2. The molecule has 3 saturated heterocycles. The largest absolute Gasteiger partial charge is 0.367 e. The van der Waals surface area contributed by atoms with E-state index < -0.39 is 0 Å². The zero-order valence-corrected chi connectivity index (χ0v) is 15.3. The van der Waals surface area contributed by atoms with Crippen molar-refractivity contribution >= 4 is 22.8 Å². The molecule has 0 radical (unpaired) electrons. The minimum Gasteiger partial charge on any atom is -0.367 e. The maximum Gasteiger partial charge on any atom is 0.327 e. The first-order chi connectivity index (χ1) is 12.0. The van der Waals surface area contributed by atoms with E-state index in [0.29, 0.717) is 24.5 Å². The molecule has 4 heterocycles. The first-order valence-electron chi connectivity index (χ1n) is 9.25. The summed E-state index contributed by atoms with van der Waals surface area (Å²) in [5.74, 6) is 0.579. The molecule has 2 bridgehead atoms. The number of nitrogens with zero attached hydrogens (tertiary/aromatic N) is 4. The van der Waals surface area contributed by atoms with E-state index in [4.69, 9.17) is 0 Å². The van der Waals surface area contributed by atoms with Crippen LogP contribution in [0, 0.1) is 5.92 Å². The second-order valence-corrected chi connectivity index (χ2v) is 7.79. The van der Waals surface area contributed by atoms with Crippen molar-refractivity contribution in [1.29, 1.82) is 0 Å². The number of para-hydroxylation sites is 1. The molecule has 3 aliphatic rings. The van der Waals surface area contributed by atoms with Gasteiger partial charge in [-0.05, 0) is 37.9 Å². The second kappa shape index (κ2) is 6.33. The van der Waals surface area contributed by atoms with E-state index in [1.54, 1.807) is 10.9 Å². The van der Waals surface area contributed by atoms with Crippen LogP contribution in [-0.4, -0.2) is 59.2 Å². The van der Waals surface area contributed by atoms with Gasteiger partial charge in [-0.15, -0.1) is 0 Å². The number of hydrogen-bond donors (Lipinski definition) is 1.